The zero-order valence-electron chi connectivity index (χ0n) is 11.7. The van der Waals surface area contributed by atoms with Crippen LogP contribution in [0.1, 0.15) is 39.0 Å². The number of carbonyl (C=O) groups is 1. The van der Waals surface area contributed by atoms with Crippen LogP contribution in [-0.4, -0.2) is 14.3 Å². The van der Waals surface area contributed by atoms with Crippen molar-refractivity contribution in [2.75, 3.05) is 5.32 Å². The fourth-order valence-corrected chi connectivity index (χ4v) is 4.84. The van der Waals surface area contributed by atoms with Crippen LogP contribution in [0.5, 0.6) is 0 Å². The highest BCUT2D eigenvalue weighted by molar-refractivity contribution is 9.10. The zero-order chi connectivity index (χ0) is 15.7. The first-order chi connectivity index (χ1) is 9.72. The monoisotopic (exact) mass is 393 g/mol. The van der Waals surface area contributed by atoms with Crippen LogP contribution >= 0.6 is 26.6 Å². The average molecular weight is 395 g/mol. The summed E-state index contributed by atoms with van der Waals surface area (Å²) in [5, 5.41) is 2.86. The van der Waals surface area contributed by atoms with Crippen molar-refractivity contribution >= 4 is 47.3 Å². The highest BCUT2D eigenvalue weighted by Crippen LogP contribution is 2.37. The van der Waals surface area contributed by atoms with E-state index in [1.807, 2.05) is 6.92 Å². The molecule has 1 fully saturated rings. The molecule has 21 heavy (non-hydrogen) atoms. The predicted octanol–water partition coefficient (Wildman–Crippen LogP) is 4.29. The lowest BCUT2D eigenvalue weighted by atomic mass is 9.75. The van der Waals surface area contributed by atoms with Crippen LogP contribution in [0.25, 0.3) is 0 Å². The minimum absolute atomic E-state index is 0.00829. The van der Waals surface area contributed by atoms with E-state index in [2.05, 4.69) is 21.2 Å². The van der Waals surface area contributed by atoms with Crippen molar-refractivity contribution in [2.24, 2.45) is 5.41 Å². The van der Waals surface area contributed by atoms with Crippen molar-refractivity contribution in [3.05, 3.63) is 22.7 Å². The van der Waals surface area contributed by atoms with E-state index < -0.39 is 9.05 Å². The van der Waals surface area contributed by atoms with Crippen LogP contribution in [0, 0.1) is 5.41 Å². The molecule has 1 N–H and O–H groups in total. The van der Waals surface area contributed by atoms with Crippen LogP contribution in [0.2, 0.25) is 0 Å². The molecule has 2 rings (SSSR count). The van der Waals surface area contributed by atoms with E-state index in [0.29, 0.717) is 10.2 Å². The molecule has 4 nitrogen and oxygen atoms in total. The minimum atomic E-state index is -3.80. The molecule has 1 saturated carbocycles. The number of anilines is 1. The molecule has 7 heteroatoms. The maximum absolute atomic E-state index is 12.4. The first-order valence-electron chi connectivity index (χ1n) is 6.78. The molecule has 1 amide bonds. The number of hydrogen-bond donors (Lipinski definition) is 1. The van der Waals surface area contributed by atoms with Gasteiger partial charge in [-0.1, -0.05) is 26.2 Å². The molecule has 0 saturated heterocycles. The largest absolute Gasteiger partial charge is 0.326 e. The second-order valence-corrected chi connectivity index (χ2v) is 9.05. The first-order valence-corrected chi connectivity index (χ1v) is 9.88. The Morgan fingerprint density at radius 2 is 1.90 bits per heavy atom. The quantitative estimate of drug-likeness (QED) is 0.778. The lowest BCUT2D eigenvalue weighted by Crippen LogP contribution is -2.35. The molecule has 0 heterocycles. The lowest BCUT2D eigenvalue weighted by molar-refractivity contribution is -0.126. The third kappa shape index (κ3) is 3.99. The van der Waals surface area contributed by atoms with Gasteiger partial charge in [0.2, 0.25) is 5.91 Å². The molecular formula is C14H17BrClNO3S. The fourth-order valence-electron chi connectivity index (χ4n) is 2.62. The summed E-state index contributed by atoms with van der Waals surface area (Å²) in [5.41, 5.74) is 0.213. The van der Waals surface area contributed by atoms with Crippen molar-refractivity contribution in [1.29, 1.82) is 0 Å². The van der Waals surface area contributed by atoms with Crippen molar-refractivity contribution < 1.29 is 13.2 Å². The summed E-state index contributed by atoms with van der Waals surface area (Å²) < 4.78 is 23.0. The topological polar surface area (TPSA) is 63.2 Å². The highest BCUT2D eigenvalue weighted by atomic mass is 79.9. The molecule has 0 atom stereocenters. The van der Waals surface area contributed by atoms with Crippen LogP contribution < -0.4 is 5.32 Å². The summed E-state index contributed by atoms with van der Waals surface area (Å²) in [6, 6.07) is 4.48. The van der Waals surface area contributed by atoms with Crippen molar-refractivity contribution in [3.63, 3.8) is 0 Å². The molecule has 1 aliphatic carbocycles. The number of rotatable bonds is 3. The van der Waals surface area contributed by atoms with E-state index in [-0.39, 0.29) is 16.2 Å². The fraction of sp³-hybridized carbons (Fsp3) is 0.500. The van der Waals surface area contributed by atoms with Crippen LogP contribution in [0.3, 0.4) is 0 Å². The minimum Gasteiger partial charge on any atom is -0.326 e. The molecule has 0 aromatic heterocycles. The summed E-state index contributed by atoms with van der Waals surface area (Å²) in [6.07, 6.45) is 5.08. The predicted molar refractivity (Wildman–Crippen MR) is 87.0 cm³/mol. The summed E-state index contributed by atoms with van der Waals surface area (Å²) in [7, 11) is 1.52. The summed E-state index contributed by atoms with van der Waals surface area (Å²) in [5.74, 6) is -0.0180. The Balaban J connectivity index is 2.17. The summed E-state index contributed by atoms with van der Waals surface area (Å²) in [6.45, 7) is 1.98. The zero-order valence-corrected chi connectivity index (χ0v) is 14.8. The Morgan fingerprint density at radius 3 is 2.43 bits per heavy atom. The maximum Gasteiger partial charge on any atom is 0.262 e. The van der Waals surface area contributed by atoms with Gasteiger partial charge in [-0.15, -0.1) is 0 Å². The van der Waals surface area contributed by atoms with Gasteiger partial charge in [-0.2, -0.15) is 0 Å². The Labute approximate surface area is 137 Å². The van der Waals surface area contributed by atoms with E-state index in [1.54, 1.807) is 12.1 Å². The number of carbonyl (C=O) groups excluding carboxylic acids is 1. The van der Waals surface area contributed by atoms with Gasteiger partial charge in [0.1, 0.15) is 0 Å². The molecule has 1 aromatic carbocycles. The van der Waals surface area contributed by atoms with Gasteiger partial charge in [-0.3, -0.25) is 4.79 Å². The molecule has 1 aliphatic rings. The van der Waals surface area contributed by atoms with Gasteiger partial charge in [-0.25, -0.2) is 8.42 Å². The molecule has 0 unspecified atom stereocenters. The second kappa shape index (κ2) is 6.26. The van der Waals surface area contributed by atoms with Gasteiger partial charge in [0.15, 0.2) is 0 Å². The first kappa shape index (κ1) is 16.8. The Hall–Kier alpha value is -0.590. The molecule has 0 aliphatic heterocycles. The Kier molecular flexibility index (Phi) is 5.00. The summed E-state index contributed by atoms with van der Waals surface area (Å²) >= 11 is 3.17. The van der Waals surface area contributed by atoms with E-state index in [1.165, 1.54) is 12.5 Å². The van der Waals surface area contributed by atoms with Crippen LogP contribution in [0.15, 0.2) is 27.6 Å². The lowest BCUT2D eigenvalue weighted by Gasteiger charge is -2.32. The van der Waals surface area contributed by atoms with E-state index in [0.717, 1.165) is 25.7 Å². The van der Waals surface area contributed by atoms with Gasteiger partial charge in [-0.05, 0) is 47.0 Å². The molecule has 0 bridgehead atoms. The van der Waals surface area contributed by atoms with Gasteiger partial charge < -0.3 is 5.32 Å². The molecule has 1 aromatic rings. The smallest absolute Gasteiger partial charge is 0.262 e. The molecule has 0 spiro atoms. The van der Waals surface area contributed by atoms with Gasteiger partial charge in [0.05, 0.1) is 4.90 Å². The number of halogens is 2. The number of amides is 1. The van der Waals surface area contributed by atoms with Gasteiger partial charge in [0.25, 0.3) is 9.05 Å². The van der Waals surface area contributed by atoms with E-state index >= 15 is 0 Å². The molecule has 116 valence electrons. The van der Waals surface area contributed by atoms with Gasteiger partial charge in [0, 0.05) is 26.3 Å². The highest BCUT2D eigenvalue weighted by Gasteiger charge is 2.34. The second-order valence-electron chi connectivity index (χ2n) is 5.66. The Bertz CT molecular complexity index is 654. The number of benzene rings is 1. The Morgan fingerprint density at radius 1 is 1.29 bits per heavy atom. The molecular weight excluding hydrogens is 378 g/mol. The van der Waals surface area contributed by atoms with Crippen molar-refractivity contribution in [2.45, 2.75) is 43.9 Å². The van der Waals surface area contributed by atoms with Crippen molar-refractivity contribution in [3.8, 4) is 0 Å². The standard InChI is InChI=1S/C14H17BrClNO3S/c1-14(7-3-2-4-8-14)13(18)17-10-5-6-12(11(15)9-10)21(16,19)20/h5-6,9H,2-4,7-8H2,1H3,(H,17,18). The van der Waals surface area contributed by atoms with E-state index in [4.69, 9.17) is 10.7 Å². The third-order valence-electron chi connectivity index (χ3n) is 3.96. The van der Waals surface area contributed by atoms with Crippen LogP contribution in [0.4, 0.5) is 5.69 Å². The van der Waals surface area contributed by atoms with Crippen molar-refractivity contribution in [1.82, 2.24) is 0 Å². The average Bonchev–Trinajstić information content (AvgIpc) is 2.38. The van der Waals surface area contributed by atoms with Gasteiger partial charge >= 0.3 is 0 Å². The maximum atomic E-state index is 12.4. The summed E-state index contributed by atoms with van der Waals surface area (Å²) in [4.78, 5) is 12.4. The van der Waals surface area contributed by atoms with E-state index in [9.17, 15) is 13.2 Å². The third-order valence-corrected chi connectivity index (χ3v) is 6.26. The normalized spacial score (nSPS) is 18.2. The SMILES string of the molecule is CC1(C(=O)Nc2ccc(S(=O)(=O)Cl)c(Br)c2)CCCCC1. The number of nitrogens with one attached hydrogen (secondary N) is 1. The number of hydrogen-bond acceptors (Lipinski definition) is 3. The molecule has 0 radical (unpaired) electrons. The van der Waals surface area contributed by atoms with Crippen LogP contribution in [-0.2, 0) is 13.8 Å².